The Bertz CT molecular complexity index is 564. The average molecular weight is 237 g/mol. The number of fused-ring (bicyclic) bond motifs is 1. The van der Waals surface area contributed by atoms with E-state index < -0.39 is 5.97 Å². The number of rotatable bonds is 1. The number of nitrogens with zero attached hydrogens (tertiary/aromatic N) is 1. The van der Waals surface area contributed by atoms with E-state index in [1.807, 2.05) is 0 Å². The molecule has 1 heterocycles. The number of nitrogens with two attached hydrogens (primary N) is 1. The van der Waals surface area contributed by atoms with Crippen LogP contribution >= 0.6 is 11.6 Å². The van der Waals surface area contributed by atoms with Crippen LogP contribution in [0.5, 0.6) is 0 Å². The first-order valence-corrected chi connectivity index (χ1v) is 4.93. The second-order valence-corrected chi connectivity index (χ2v) is 3.68. The van der Waals surface area contributed by atoms with Gasteiger partial charge in [0.25, 0.3) is 0 Å². The van der Waals surface area contributed by atoms with Gasteiger partial charge in [0.05, 0.1) is 30.1 Å². The molecule has 2 N–H and O–H groups in total. The molecule has 2 aromatic rings. The minimum absolute atomic E-state index is 0.279. The van der Waals surface area contributed by atoms with Gasteiger partial charge in [-0.05, 0) is 18.2 Å². The van der Waals surface area contributed by atoms with Crippen molar-refractivity contribution in [1.29, 1.82) is 0 Å². The molecule has 0 aliphatic heterocycles. The van der Waals surface area contributed by atoms with Crippen molar-refractivity contribution in [1.82, 2.24) is 4.98 Å². The number of hydrogen-bond acceptors (Lipinski definition) is 4. The molecule has 0 bridgehead atoms. The maximum absolute atomic E-state index is 11.6. The van der Waals surface area contributed by atoms with E-state index in [9.17, 15) is 4.79 Å². The molecule has 0 amide bonds. The molecule has 82 valence electrons. The van der Waals surface area contributed by atoms with Gasteiger partial charge >= 0.3 is 5.97 Å². The molecule has 1 aromatic carbocycles. The number of methoxy groups -OCH3 is 1. The first-order valence-electron chi connectivity index (χ1n) is 4.55. The first-order chi connectivity index (χ1) is 7.63. The third-order valence-electron chi connectivity index (χ3n) is 2.25. The number of carbonyl (C=O) groups excluding carboxylic acids is 1. The van der Waals surface area contributed by atoms with Crippen LogP contribution in [-0.2, 0) is 4.74 Å². The third kappa shape index (κ3) is 1.67. The Morgan fingerprint density at radius 3 is 2.94 bits per heavy atom. The van der Waals surface area contributed by atoms with Gasteiger partial charge in [0.15, 0.2) is 0 Å². The molecule has 0 atom stereocenters. The number of nitrogen functional groups attached to an aromatic ring is 1. The molecule has 0 saturated heterocycles. The molecule has 4 nitrogen and oxygen atoms in total. The summed E-state index contributed by atoms with van der Waals surface area (Å²) >= 11 is 5.87. The van der Waals surface area contributed by atoms with Gasteiger partial charge in [-0.3, -0.25) is 4.98 Å². The van der Waals surface area contributed by atoms with Crippen molar-refractivity contribution >= 4 is 34.2 Å². The van der Waals surface area contributed by atoms with Crippen molar-refractivity contribution < 1.29 is 9.53 Å². The minimum Gasteiger partial charge on any atom is -0.465 e. The summed E-state index contributed by atoms with van der Waals surface area (Å²) in [5.41, 5.74) is 6.94. The zero-order valence-corrected chi connectivity index (χ0v) is 9.28. The van der Waals surface area contributed by atoms with Gasteiger partial charge in [-0.15, -0.1) is 0 Å². The number of aromatic nitrogens is 1. The number of esters is 1. The number of carbonyl (C=O) groups is 1. The molecule has 0 radical (unpaired) electrons. The molecule has 5 heteroatoms. The summed E-state index contributed by atoms with van der Waals surface area (Å²) < 4.78 is 4.68. The molecule has 0 saturated carbocycles. The van der Waals surface area contributed by atoms with E-state index in [-0.39, 0.29) is 5.69 Å². The van der Waals surface area contributed by atoms with Crippen LogP contribution in [0.15, 0.2) is 24.4 Å². The van der Waals surface area contributed by atoms with E-state index in [1.165, 1.54) is 13.3 Å². The predicted octanol–water partition coefficient (Wildman–Crippen LogP) is 2.26. The molecule has 0 fully saturated rings. The lowest BCUT2D eigenvalue weighted by atomic mass is 10.1. The summed E-state index contributed by atoms with van der Waals surface area (Å²) in [6.07, 6.45) is 1.43. The topological polar surface area (TPSA) is 65.2 Å². The van der Waals surface area contributed by atoms with Crippen molar-refractivity contribution in [3.8, 4) is 0 Å². The first kappa shape index (κ1) is 10.7. The summed E-state index contributed by atoms with van der Waals surface area (Å²) in [5, 5.41) is 1.12. The van der Waals surface area contributed by atoms with Crippen LogP contribution in [0, 0.1) is 0 Å². The largest absolute Gasteiger partial charge is 0.465 e. The highest BCUT2D eigenvalue weighted by atomic mass is 35.5. The van der Waals surface area contributed by atoms with Gasteiger partial charge in [0.2, 0.25) is 0 Å². The van der Waals surface area contributed by atoms with Crippen LogP contribution in [0.2, 0.25) is 5.02 Å². The van der Waals surface area contributed by atoms with Gasteiger partial charge < -0.3 is 10.5 Å². The molecular formula is C11H9ClN2O2. The van der Waals surface area contributed by atoms with E-state index in [0.29, 0.717) is 21.5 Å². The van der Waals surface area contributed by atoms with Crippen molar-refractivity contribution in [3.05, 3.63) is 35.0 Å². The Morgan fingerprint density at radius 1 is 1.50 bits per heavy atom. The summed E-state index contributed by atoms with van der Waals surface area (Å²) in [6.45, 7) is 0. The lowest BCUT2D eigenvalue weighted by molar-refractivity contribution is 0.0604. The van der Waals surface area contributed by atoms with E-state index in [1.54, 1.807) is 18.2 Å². The Hall–Kier alpha value is -1.81. The monoisotopic (exact) mass is 236 g/mol. The van der Waals surface area contributed by atoms with Crippen LogP contribution in [0.3, 0.4) is 0 Å². The Labute approximate surface area is 97.0 Å². The molecule has 0 aliphatic carbocycles. The Balaban J connectivity index is 2.82. The third-order valence-corrected chi connectivity index (χ3v) is 2.48. The average Bonchev–Trinajstić information content (AvgIpc) is 2.28. The fourth-order valence-electron chi connectivity index (χ4n) is 1.51. The highest BCUT2D eigenvalue weighted by molar-refractivity contribution is 6.31. The lowest BCUT2D eigenvalue weighted by Crippen LogP contribution is -2.07. The van der Waals surface area contributed by atoms with Gasteiger partial charge in [0, 0.05) is 10.4 Å². The molecule has 0 unspecified atom stereocenters. The Morgan fingerprint density at radius 2 is 2.25 bits per heavy atom. The minimum atomic E-state index is -0.493. The zero-order chi connectivity index (χ0) is 11.7. The summed E-state index contributed by atoms with van der Waals surface area (Å²) in [6, 6.07) is 5.07. The van der Waals surface area contributed by atoms with E-state index >= 15 is 0 Å². The fraction of sp³-hybridized carbons (Fsp3) is 0.0909. The molecular weight excluding hydrogens is 228 g/mol. The van der Waals surface area contributed by atoms with E-state index in [4.69, 9.17) is 17.3 Å². The van der Waals surface area contributed by atoms with Gasteiger partial charge in [-0.2, -0.15) is 0 Å². The molecule has 0 spiro atoms. The number of halogens is 1. The van der Waals surface area contributed by atoms with Gasteiger partial charge in [0.1, 0.15) is 0 Å². The van der Waals surface area contributed by atoms with Gasteiger partial charge in [-0.1, -0.05) is 11.6 Å². The van der Waals surface area contributed by atoms with Crippen LogP contribution in [0.4, 0.5) is 5.69 Å². The maximum atomic E-state index is 11.6. The quantitative estimate of drug-likeness (QED) is 0.772. The maximum Gasteiger partial charge on any atom is 0.340 e. The summed E-state index contributed by atoms with van der Waals surface area (Å²) in [7, 11) is 1.30. The molecule has 16 heavy (non-hydrogen) atoms. The van der Waals surface area contributed by atoms with Crippen LogP contribution in [0.1, 0.15) is 10.4 Å². The highest BCUT2D eigenvalue weighted by Gasteiger charge is 2.15. The number of anilines is 1. The SMILES string of the molecule is COC(=O)c1c(N)cnc2ccc(Cl)cc12. The van der Waals surface area contributed by atoms with Gasteiger partial charge in [-0.25, -0.2) is 4.79 Å². The number of pyridine rings is 1. The Kier molecular flexibility index (Phi) is 2.66. The van der Waals surface area contributed by atoms with Crippen LogP contribution < -0.4 is 5.73 Å². The molecule has 0 aliphatic rings. The summed E-state index contributed by atoms with van der Waals surface area (Å²) in [5.74, 6) is -0.493. The number of hydrogen-bond donors (Lipinski definition) is 1. The van der Waals surface area contributed by atoms with Crippen molar-refractivity contribution in [2.24, 2.45) is 0 Å². The lowest BCUT2D eigenvalue weighted by Gasteiger charge is -2.07. The fourth-order valence-corrected chi connectivity index (χ4v) is 1.68. The normalized spacial score (nSPS) is 10.4. The second kappa shape index (κ2) is 3.98. The van der Waals surface area contributed by atoms with Crippen molar-refractivity contribution in [3.63, 3.8) is 0 Å². The second-order valence-electron chi connectivity index (χ2n) is 3.24. The van der Waals surface area contributed by atoms with E-state index in [2.05, 4.69) is 9.72 Å². The number of benzene rings is 1. The molecule has 2 rings (SSSR count). The molecule has 1 aromatic heterocycles. The van der Waals surface area contributed by atoms with Crippen molar-refractivity contribution in [2.45, 2.75) is 0 Å². The number of ether oxygens (including phenoxy) is 1. The summed E-state index contributed by atoms with van der Waals surface area (Å²) in [4.78, 5) is 15.7. The van der Waals surface area contributed by atoms with E-state index in [0.717, 1.165) is 0 Å². The zero-order valence-electron chi connectivity index (χ0n) is 8.53. The highest BCUT2D eigenvalue weighted by Crippen LogP contribution is 2.25. The standard InChI is InChI=1S/C11H9ClN2O2/c1-16-11(15)10-7-4-6(12)2-3-9(7)14-5-8(10)13/h2-5H,13H2,1H3. The van der Waals surface area contributed by atoms with Crippen molar-refractivity contribution in [2.75, 3.05) is 12.8 Å². The smallest absolute Gasteiger partial charge is 0.340 e. The van der Waals surface area contributed by atoms with Crippen LogP contribution in [-0.4, -0.2) is 18.1 Å². The van der Waals surface area contributed by atoms with Crippen LogP contribution in [0.25, 0.3) is 10.9 Å². The predicted molar refractivity (Wildman–Crippen MR) is 62.5 cm³/mol.